The minimum atomic E-state index is 0.483. The fourth-order valence-electron chi connectivity index (χ4n) is 3.43. The van der Waals surface area contributed by atoms with E-state index >= 15 is 0 Å². The summed E-state index contributed by atoms with van der Waals surface area (Å²) < 4.78 is 2.03. The average molecular weight is 249 g/mol. The van der Waals surface area contributed by atoms with Gasteiger partial charge in [0, 0.05) is 13.2 Å². The lowest BCUT2D eigenvalue weighted by Crippen LogP contribution is -2.33. The third-order valence-corrected chi connectivity index (χ3v) is 4.47. The van der Waals surface area contributed by atoms with Crippen LogP contribution in [0.2, 0.25) is 0 Å². The van der Waals surface area contributed by atoms with Gasteiger partial charge in [-0.3, -0.25) is 4.68 Å². The van der Waals surface area contributed by atoms with Crippen LogP contribution in [-0.2, 0) is 7.05 Å². The molecule has 0 spiro atoms. The minimum absolute atomic E-state index is 0.483. The van der Waals surface area contributed by atoms with Crippen molar-refractivity contribution in [1.29, 1.82) is 0 Å². The standard InChI is InChI=1S/C15H27N3/c1-4-12-7-6-8-13(11-12)15(16-5-2)14-9-10-17-18(14)3/h9-10,12-13,15-16H,4-8,11H2,1-3H3. The summed E-state index contributed by atoms with van der Waals surface area (Å²) in [5.41, 5.74) is 1.35. The zero-order valence-corrected chi connectivity index (χ0v) is 12.0. The van der Waals surface area contributed by atoms with Gasteiger partial charge in [0.25, 0.3) is 0 Å². The van der Waals surface area contributed by atoms with Crippen molar-refractivity contribution in [3.05, 3.63) is 18.0 Å². The quantitative estimate of drug-likeness (QED) is 0.868. The molecule has 0 aliphatic heterocycles. The molecule has 0 amide bonds. The van der Waals surface area contributed by atoms with E-state index in [0.29, 0.717) is 6.04 Å². The highest BCUT2D eigenvalue weighted by Crippen LogP contribution is 2.38. The highest BCUT2D eigenvalue weighted by atomic mass is 15.3. The van der Waals surface area contributed by atoms with Crippen molar-refractivity contribution in [3.63, 3.8) is 0 Å². The monoisotopic (exact) mass is 249 g/mol. The predicted molar refractivity (Wildman–Crippen MR) is 75.4 cm³/mol. The van der Waals surface area contributed by atoms with Crippen molar-refractivity contribution < 1.29 is 0 Å². The Morgan fingerprint density at radius 1 is 1.44 bits per heavy atom. The van der Waals surface area contributed by atoms with Gasteiger partial charge in [-0.2, -0.15) is 5.10 Å². The Labute approximate surface area is 111 Å². The van der Waals surface area contributed by atoms with Crippen molar-refractivity contribution in [2.75, 3.05) is 6.54 Å². The summed E-state index contributed by atoms with van der Waals surface area (Å²) in [6.07, 6.45) is 8.80. The molecule has 1 aliphatic rings. The summed E-state index contributed by atoms with van der Waals surface area (Å²) in [5, 5.41) is 8.01. The molecule has 1 aromatic rings. The van der Waals surface area contributed by atoms with Crippen LogP contribution in [0.4, 0.5) is 0 Å². The van der Waals surface area contributed by atoms with Gasteiger partial charge in [0.2, 0.25) is 0 Å². The van der Waals surface area contributed by atoms with Crippen LogP contribution in [0.15, 0.2) is 12.3 Å². The molecule has 18 heavy (non-hydrogen) atoms. The highest BCUT2D eigenvalue weighted by molar-refractivity contribution is 5.08. The molecule has 1 N–H and O–H groups in total. The van der Waals surface area contributed by atoms with E-state index in [1.165, 1.54) is 37.8 Å². The van der Waals surface area contributed by atoms with Crippen LogP contribution in [-0.4, -0.2) is 16.3 Å². The molecule has 1 heterocycles. The molecule has 0 saturated heterocycles. The van der Waals surface area contributed by atoms with Crippen molar-refractivity contribution in [2.24, 2.45) is 18.9 Å². The van der Waals surface area contributed by atoms with Gasteiger partial charge >= 0.3 is 0 Å². The topological polar surface area (TPSA) is 29.9 Å². The fourth-order valence-corrected chi connectivity index (χ4v) is 3.43. The van der Waals surface area contributed by atoms with E-state index in [-0.39, 0.29) is 0 Å². The minimum Gasteiger partial charge on any atom is -0.309 e. The molecule has 0 bridgehead atoms. The Kier molecular flexibility index (Phi) is 4.81. The second-order valence-corrected chi connectivity index (χ2v) is 5.62. The lowest BCUT2D eigenvalue weighted by Gasteiger charge is -2.34. The van der Waals surface area contributed by atoms with E-state index in [1.807, 2.05) is 10.9 Å². The number of aryl methyl sites for hydroxylation is 1. The van der Waals surface area contributed by atoms with Crippen LogP contribution >= 0.6 is 0 Å². The lowest BCUT2D eigenvalue weighted by molar-refractivity contribution is 0.205. The molecule has 0 radical (unpaired) electrons. The number of rotatable bonds is 5. The zero-order valence-electron chi connectivity index (χ0n) is 12.0. The first-order valence-electron chi connectivity index (χ1n) is 7.47. The molecule has 3 unspecified atom stereocenters. The Balaban J connectivity index is 2.12. The number of hydrogen-bond acceptors (Lipinski definition) is 2. The van der Waals surface area contributed by atoms with Gasteiger partial charge in [-0.05, 0) is 37.3 Å². The van der Waals surface area contributed by atoms with Crippen LogP contribution in [0.1, 0.15) is 57.7 Å². The summed E-state index contributed by atoms with van der Waals surface area (Å²) in [5.74, 6) is 1.71. The predicted octanol–water partition coefficient (Wildman–Crippen LogP) is 3.29. The first kappa shape index (κ1) is 13.6. The molecule has 102 valence electrons. The average Bonchev–Trinajstić information content (AvgIpc) is 2.82. The first-order valence-corrected chi connectivity index (χ1v) is 7.47. The molecule has 2 rings (SSSR count). The van der Waals surface area contributed by atoms with E-state index in [9.17, 15) is 0 Å². The van der Waals surface area contributed by atoms with Gasteiger partial charge in [-0.25, -0.2) is 0 Å². The molecule has 0 aromatic carbocycles. The van der Waals surface area contributed by atoms with E-state index in [0.717, 1.165) is 18.4 Å². The lowest BCUT2D eigenvalue weighted by atomic mass is 9.76. The van der Waals surface area contributed by atoms with Crippen LogP contribution < -0.4 is 5.32 Å². The number of hydrogen-bond donors (Lipinski definition) is 1. The van der Waals surface area contributed by atoms with E-state index in [1.54, 1.807) is 0 Å². The van der Waals surface area contributed by atoms with Crippen molar-refractivity contribution >= 4 is 0 Å². The van der Waals surface area contributed by atoms with Gasteiger partial charge < -0.3 is 5.32 Å². The summed E-state index contributed by atoms with van der Waals surface area (Å²) in [4.78, 5) is 0. The molecule has 3 heteroatoms. The third kappa shape index (κ3) is 2.94. The Morgan fingerprint density at radius 2 is 2.28 bits per heavy atom. The summed E-state index contributed by atoms with van der Waals surface area (Å²) in [6, 6.07) is 2.65. The van der Waals surface area contributed by atoms with Gasteiger partial charge in [0.1, 0.15) is 0 Å². The van der Waals surface area contributed by atoms with E-state index < -0.39 is 0 Å². The van der Waals surface area contributed by atoms with E-state index in [4.69, 9.17) is 0 Å². The van der Waals surface area contributed by atoms with Crippen LogP contribution in [0.5, 0.6) is 0 Å². The molecular weight excluding hydrogens is 222 g/mol. The van der Waals surface area contributed by atoms with Gasteiger partial charge in [0.05, 0.1) is 11.7 Å². The zero-order chi connectivity index (χ0) is 13.0. The number of nitrogens with one attached hydrogen (secondary N) is 1. The number of nitrogens with zero attached hydrogens (tertiary/aromatic N) is 2. The Hall–Kier alpha value is -0.830. The third-order valence-electron chi connectivity index (χ3n) is 4.47. The maximum absolute atomic E-state index is 4.33. The van der Waals surface area contributed by atoms with E-state index in [2.05, 4.69) is 37.4 Å². The molecule has 1 aromatic heterocycles. The molecule has 3 nitrogen and oxygen atoms in total. The van der Waals surface area contributed by atoms with Crippen LogP contribution in [0.3, 0.4) is 0 Å². The summed E-state index contributed by atoms with van der Waals surface area (Å²) >= 11 is 0. The van der Waals surface area contributed by atoms with Crippen molar-refractivity contribution in [2.45, 2.75) is 52.0 Å². The summed E-state index contributed by atoms with van der Waals surface area (Å²) in [7, 11) is 2.06. The molecule has 3 atom stereocenters. The maximum atomic E-state index is 4.33. The normalized spacial score (nSPS) is 26.2. The SMILES string of the molecule is CCNC(c1ccnn1C)C1CCCC(CC)C1. The van der Waals surface area contributed by atoms with Gasteiger partial charge in [-0.1, -0.05) is 33.1 Å². The first-order chi connectivity index (χ1) is 8.76. The second-order valence-electron chi connectivity index (χ2n) is 5.62. The number of aromatic nitrogens is 2. The highest BCUT2D eigenvalue weighted by Gasteiger charge is 2.29. The molecule has 1 aliphatic carbocycles. The van der Waals surface area contributed by atoms with Crippen LogP contribution in [0.25, 0.3) is 0 Å². The fraction of sp³-hybridized carbons (Fsp3) is 0.800. The second kappa shape index (κ2) is 6.37. The molecule has 1 saturated carbocycles. The maximum Gasteiger partial charge on any atom is 0.0553 e. The summed E-state index contributed by atoms with van der Waals surface area (Å²) in [6.45, 7) is 5.56. The Bertz CT molecular complexity index is 358. The Morgan fingerprint density at radius 3 is 2.89 bits per heavy atom. The molecule has 1 fully saturated rings. The largest absolute Gasteiger partial charge is 0.309 e. The van der Waals surface area contributed by atoms with Gasteiger partial charge in [-0.15, -0.1) is 0 Å². The molecular formula is C15H27N3. The van der Waals surface area contributed by atoms with Crippen molar-refractivity contribution in [1.82, 2.24) is 15.1 Å². The van der Waals surface area contributed by atoms with Gasteiger partial charge in [0.15, 0.2) is 0 Å². The smallest absolute Gasteiger partial charge is 0.0553 e. The van der Waals surface area contributed by atoms with Crippen LogP contribution in [0, 0.1) is 11.8 Å². The van der Waals surface area contributed by atoms with Crippen molar-refractivity contribution in [3.8, 4) is 0 Å².